The second kappa shape index (κ2) is 4.56. The van der Waals surface area contributed by atoms with E-state index in [1.54, 1.807) is 0 Å². The van der Waals surface area contributed by atoms with Gasteiger partial charge in [0.15, 0.2) is 0 Å². The first kappa shape index (κ1) is 11.0. The lowest BCUT2D eigenvalue weighted by atomic mass is 10.1. The predicted molar refractivity (Wildman–Crippen MR) is 62.9 cm³/mol. The molecule has 86 valence electrons. The fourth-order valence-electron chi connectivity index (χ4n) is 2.01. The largest absolute Gasteiger partial charge is 0.493 e. The minimum absolute atomic E-state index is 0.111. The van der Waals surface area contributed by atoms with E-state index >= 15 is 0 Å². The number of nitrogens with zero attached hydrogens (tertiary/aromatic N) is 1. The van der Waals surface area contributed by atoms with Crippen molar-refractivity contribution in [1.82, 2.24) is 4.90 Å². The smallest absolute Gasteiger partial charge is 0.253 e. The van der Waals surface area contributed by atoms with Crippen LogP contribution >= 0.6 is 0 Å². The number of amides is 1. The van der Waals surface area contributed by atoms with Gasteiger partial charge in [0.1, 0.15) is 5.75 Å². The van der Waals surface area contributed by atoms with E-state index in [1.807, 2.05) is 36.9 Å². The van der Waals surface area contributed by atoms with Crippen LogP contribution in [0, 0.1) is 0 Å². The first-order chi connectivity index (χ1) is 7.76. The summed E-state index contributed by atoms with van der Waals surface area (Å²) in [5, 5.41) is 0. The van der Waals surface area contributed by atoms with Crippen LogP contribution in [0.5, 0.6) is 5.75 Å². The van der Waals surface area contributed by atoms with Gasteiger partial charge in [0.2, 0.25) is 0 Å². The molecule has 3 nitrogen and oxygen atoms in total. The molecular weight excluding hydrogens is 202 g/mol. The van der Waals surface area contributed by atoms with Gasteiger partial charge in [-0.05, 0) is 37.6 Å². The Hall–Kier alpha value is -1.51. The maximum Gasteiger partial charge on any atom is 0.253 e. The highest BCUT2D eigenvalue weighted by Crippen LogP contribution is 2.26. The molecule has 0 bridgehead atoms. The Morgan fingerprint density at radius 3 is 2.81 bits per heavy atom. The molecule has 1 aromatic rings. The summed E-state index contributed by atoms with van der Waals surface area (Å²) < 4.78 is 5.42. The van der Waals surface area contributed by atoms with Gasteiger partial charge in [0.25, 0.3) is 5.91 Å². The molecule has 0 saturated carbocycles. The van der Waals surface area contributed by atoms with Crippen LogP contribution < -0.4 is 4.74 Å². The van der Waals surface area contributed by atoms with Gasteiger partial charge in [-0.2, -0.15) is 0 Å². The number of benzene rings is 1. The van der Waals surface area contributed by atoms with Gasteiger partial charge in [-0.15, -0.1) is 0 Å². The Morgan fingerprint density at radius 2 is 2.12 bits per heavy atom. The van der Waals surface area contributed by atoms with Crippen molar-refractivity contribution in [1.29, 1.82) is 0 Å². The Bertz CT molecular complexity index is 397. The summed E-state index contributed by atoms with van der Waals surface area (Å²) in [7, 11) is 0. The molecule has 0 atom stereocenters. The molecule has 1 amide bonds. The average Bonchev–Trinajstić information content (AvgIpc) is 2.77. The third kappa shape index (κ3) is 1.90. The second-order valence-corrected chi connectivity index (χ2v) is 3.90. The molecule has 0 N–H and O–H groups in total. The fraction of sp³-hybridized carbons (Fsp3) is 0.462. The molecule has 1 aromatic carbocycles. The molecule has 1 heterocycles. The van der Waals surface area contributed by atoms with E-state index in [1.165, 1.54) is 0 Å². The molecule has 0 aromatic heterocycles. The maximum absolute atomic E-state index is 12.1. The van der Waals surface area contributed by atoms with Crippen molar-refractivity contribution in [3.63, 3.8) is 0 Å². The SMILES string of the molecule is CCN(CC)C(=O)c1ccc2c(c1)CCO2. The van der Waals surface area contributed by atoms with Gasteiger partial charge in [0.05, 0.1) is 6.61 Å². The monoisotopic (exact) mass is 219 g/mol. The molecule has 2 rings (SSSR count). The van der Waals surface area contributed by atoms with Crippen LogP contribution in [-0.2, 0) is 6.42 Å². The molecule has 0 fully saturated rings. The van der Waals surface area contributed by atoms with Crippen molar-refractivity contribution < 1.29 is 9.53 Å². The van der Waals surface area contributed by atoms with Crippen LogP contribution in [0.1, 0.15) is 29.8 Å². The highest BCUT2D eigenvalue weighted by molar-refractivity contribution is 5.94. The van der Waals surface area contributed by atoms with E-state index in [9.17, 15) is 4.79 Å². The molecule has 0 radical (unpaired) electrons. The molecule has 0 aliphatic carbocycles. The standard InChI is InChI=1S/C13H17NO2/c1-3-14(4-2)13(15)11-5-6-12-10(9-11)7-8-16-12/h5-6,9H,3-4,7-8H2,1-2H3. The molecule has 0 unspecified atom stereocenters. The Morgan fingerprint density at radius 1 is 1.38 bits per heavy atom. The number of fused-ring (bicyclic) bond motifs is 1. The van der Waals surface area contributed by atoms with Crippen LogP contribution in [0.25, 0.3) is 0 Å². The van der Waals surface area contributed by atoms with Crippen LogP contribution in [0.2, 0.25) is 0 Å². The number of rotatable bonds is 3. The topological polar surface area (TPSA) is 29.5 Å². The summed E-state index contributed by atoms with van der Waals surface area (Å²) in [6.07, 6.45) is 0.911. The Kier molecular flexibility index (Phi) is 3.13. The van der Waals surface area contributed by atoms with E-state index < -0.39 is 0 Å². The molecule has 3 heteroatoms. The molecule has 0 saturated heterocycles. The highest BCUT2D eigenvalue weighted by Gasteiger charge is 2.17. The third-order valence-electron chi connectivity index (χ3n) is 2.99. The lowest BCUT2D eigenvalue weighted by Crippen LogP contribution is -2.30. The number of hydrogen-bond donors (Lipinski definition) is 0. The van der Waals surface area contributed by atoms with Crippen molar-refractivity contribution >= 4 is 5.91 Å². The van der Waals surface area contributed by atoms with E-state index in [0.29, 0.717) is 0 Å². The van der Waals surface area contributed by atoms with Gasteiger partial charge in [-0.25, -0.2) is 0 Å². The van der Waals surface area contributed by atoms with Crippen molar-refractivity contribution in [2.75, 3.05) is 19.7 Å². The summed E-state index contributed by atoms with van der Waals surface area (Å²) in [6, 6.07) is 5.72. The van der Waals surface area contributed by atoms with Crippen LogP contribution in [0.15, 0.2) is 18.2 Å². The maximum atomic E-state index is 12.1. The van der Waals surface area contributed by atoms with Crippen molar-refractivity contribution in [2.24, 2.45) is 0 Å². The number of carbonyl (C=O) groups is 1. The Labute approximate surface area is 96.0 Å². The van der Waals surface area contributed by atoms with E-state index in [4.69, 9.17) is 4.74 Å². The van der Waals surface area contributed by atoms with Crippen LogP contribution in [0.4, 0.5) is 0 Å². The number of ether oxygens (including phenoxy) is 1. The van der Waals surface area contributed by atoms with Gasteiger partial charge in [-0.1, -0.05) is 0 Å². The minimum atomic E-state index is 0.111. The fourth-order valence-corrected chi connectivity index (χ4v) is 2.01. The lowest BCUT2D eigenvalue weighted by molar-refractivity contribution is 0.0773. The average molecular weight is 219 g/mol. The van der Waals surface area contributed by atoms with Crippen LogP contribution in [0.3, 0.4) is 0 Å². The normalized spacial score (nSPS) is 13.1. The van der Waals surface area contributed by atoms with E-state index in [2.05, 4.69) is 0 Å². The number of carbonyl (C=O) groups excluding carboxylic acids is 1. The number of hydrogen-bond acceptors (Lipinski definition) is 2. The minimum Gasteiger partial charge on any atom is -0.493 e. The van der Waals surface area contributed by atoms with E-state index in [-0.39, 0.29) is 5.91 Å². The van der Waals surface area contributed by atoms with Gasteiger partial charge in [-0.3, -0.25) is 4.79 Å². The first-order valence-corrected chi connectivity index (χ1v) is 5.81. The second-order valence-electron chi connectivity index (χ2n) is 3.90. The summed E-state index contributed by atoms with van der Waals surface area (Å²) in [4.78, 5) is 13.9. The predicted octanol–water partition coefficient (Wildman–Crippen LogP) is 2.10. The first-order valence-electron chi connectivity index (χ1n) is 5.81. The lowest BCUT2D eigenvalue weighted by Gasteiger charge is -2.18. The van der Waals surface area contributed by atoms with E-state index in [0.717, 1.165) is 43.0 Å². The van der Waals surface area contributed by atoms with Crippen molar-refractivity contribution in [2.45, 2.75) is 20.3 Å². The summed E-state index contributed by atoms with van der Waals surface area (Å²) in [5.41, 5.74) is 1.92. The zero-order chi connectivity index (χ0) is 11.5. The van der Waals surface area contributed by atoms with Gasteiger partial charge < -0.3 is 9.64 Å². The van der Waals surface area contributed by atoms with Gasteiger partial charge in [0, 0.05) is 25.1 Å². The molecule has 16 heavy (non-hydrogen) atoms. The zero-order valence-corrected chi connectivity index (χ0v) is 9.82. The highest BCUT2D eigenvalue weighted by atomic mass is 16.5. The summed E-state index contributed by atoms with van der Waals surface area (Å²) in [5.74, 6) is 1.04. The van der Waals surface area contributed by atoms with Crippen LogP contribution in [-0.4, -0.2) is 30.5 Å². The molecule has 1 aliphatic rings. The third-order valence-corrected chi connectivity index (χ3v) is 2.99. The summed E-state index contributed by atoms with van der Waals surface area (Å²) >= 11 is 0. The Balaban J connectivity index is 2.24. The van der Waals surface area contributed by atoms with Crippen molar-refractivity contribution in [3.05, 3.63) is 29.3 Å². The molecule has 0 spiro atoms. The zero-order valence-electron chi connectivity index (χ0n) is 9.82. The molecular formula is C13H17NO2. The summed E-state index contributed by atoms with van der Waals surface area (Å²) in [6.45, 7) is 6.24. The van der Waals surface area contributed by atoms with Gasteiger partial charge >= 0.3 is 0 Å². The van der Waals surface area contributed by atoms with Crippen molar-refractivity contribution in [3.8, 4) is 5.75 Å². The molecule has 1 aliphatic heterocycles. The quantitative estimate of drug-likeness (QED) is 0.779.